The molecule has 4 N–H and O–H groups in total. The van der Waals surface area contributed by atoms with E-state index in [1.807, 2.05) is 18.2 Å². The molecule has 8 heteroatoms. The smallest absolute Gasteiger partial charge is 0.264 e. The second kappa shape index (κ2) is 10.5. The number of nitrogens with one attached hydrogen (secondary N) is 1. The molecule has 0 saturated heterocycles. The van der Waals surface area contributed by atoms with E-state index in [4.69, 9.17) is 0 Å². The van der Waals surface area contributed by atoms with Gasteiger partial charge >= 0.3 is 0 Å². The van der Waals surface area contributed by atoms with Crippen LogP contribution in [0.2, 0.25) is 0 Å². The maximum Gasteiger partial charge on any atom is 0.264 e. The van der Waals surface area contributed by atoms with Crippen molar-refractivity contribution < 1.29 is 20.1 Å². The number of benzene rings is 1. The first-order chi connectivity index (χ1) is 19.0. The average molecular weight is 615 g/mol. The van der Waals surface area contributed by atoms with Gasteiger partial charge in [-0.2, -0.15) is 0 Å². The number of carbonyl (C=O) groups is 1. The average Bonchev–Trinajstić information content (AvgIpc) is 3.42. The van der Waals surface area contributed by atoms with E-state index in [0.717, 1.165) is 54.9 Å². The quantitative estimate of drug-likeness (QED) is 0.259. The molecule has 10 unspecified atom stereocenters. The summed E-state index contributed by atoms with van der Waals surface area (Å²) in [5, 5.41) is 40.9. The summed E-state index contributed by atoms with van der Waals surface area (Å²) < 4.78 is 0.861. The minimum absolute atomic E-state index is 0.0898. The Bertz CT molecular complexity index is 1310. The second-order valence-electron chi connectivity index (χ2n) is 14.1. The molecule has 4 fully saturated rings. The van der Waals surface area contributed by atoms with Crippen LogP contribution in [0.25, 0.3) is 10.9 Å². The Morgan fingerprint density at radius 1 is 1.10 bits per heavy atom. The lowest BCUT2D eigenvalue weighted by Gasteiger charge is -2.62. The summed E-state index contributed by atoms with van der Waals surface area (Å²) in [6.45, 7) is 7.21. The second-order valence-corrected chi connectivity index (χ2v) is 15.0. The number of amides is 1. The molecular weight excluding hydrogens is 570 g/mol. The molecule has 1 aromatic carbocycles. The third-order valence-electron chi connectivity index (χ3n) is 12.2. The Labute approximate surface area is 245 Å². The van der Waals surface area contributed by atoms with Gasteiger partial charge in [0.05, 0.1) is 17.7 Å². The number of H-pyrrole nitrogens is 1. The molecule has 4 saturated carbocycles. The molecule has 2 aromatic rings. The van der Waals surface area contributed by atoms with Crippen molar-refractivity contribution in [2.45, 2.75) is 97.2 Å². The predicted octanol–water partition coefficient (Wildman–Crippen LogP) is 7.65. The first kappa shape index (κ1) is 28.4. The van der Waals surface area contributed by atoms with E-state index in [1.54, 1.807) is 0 Å². The number of aromatic amines is 1. The Hall–Kier alpha value is -1.77. The monoisotopic (exact) mass is 613 g/mol. The molecule has 6 rings (SSSR count). The van der Waals surface area contributed by atoms with Gasteiger partial charge in [0, 0.05) is 16.3 Å². The molecule has 218 valence electrons. The molecule has 1 amide bonds. The molecule has 7 nitrogen and oxygen atoms in total. The fourth-order valence-corrected chi connectivity index (χ4v) is 10.5. The molecule has 0 radical (unpaired) electrons. The highest BCUT2D eigenvalue weighted by molar-refractivity contribution is 9.10. The number of hydrogen-bond donors (Lipinski definition) is 4. The third-order valence-corrected chi connectivity index (χ3v) is 12.7. The lowest BCUT2D eigenvalue weighted by atomic mass is 9.43. The SMILES string of the molecule is CC(CCC(=O)N=Nc1c(O)[nH]c2ccc(Br)cc12)C1CCC2C3C(O)CC4CC(O)CCC4(C)C3CCC12C. The Balaban J connectivity index is 1.11. The summed E-state index contributed by atoms with van der Waals surface area (Å²) in [7, 11) is 0. The number of halogens is 1. The van der Waals surface area contributed by atoms with Gasteiger partial charge < -0.3 is 20.3 Å². The summed E-state index contributed by atoms with van der Waals surface area (Å²) in [5.41, 5.74) is 1.45. The fraction of sp³-hybridized carbons (Fsp3) is 0.719. The van der Waals surface area contributed by atoms with Gasteiger partial charge in [0.25, 0.3) is 5.91 Å². The van der Waals surface area contributed by atoms with Crippen LogP contribution in [0, 0.1) is 46.3 Å². The third kappa shape index (κ3) is 4.66. The normalized spacial score (nSPS) is 40.1. The maximum atomic E-state index is 12.7. The van der Waals surface area contributed by atoms with Gasteiger partial charge in [0.2, 0.25) is 5.88 Å². The van der Waals surface area contributed by atoms with Crippen molar-refractivity contribution in [3.8, 4) is 5.88 Å². The van der Waals surface area contributed by atoms with E-state index in [1.165, 1.54) is 12.8 Å². The lowest BCUT2D eigenvalue weighted by Crippen LogP contribution is -2.58. The van der Waals surface area contributed by atoms with Gasteiger partial charge in [0.1, 0.15) is 0 Å². The van der Waals surface area contributed by atoms with Crippen LogP contribution in [-0.2, 0) is 4.79 Å². The first-order valence-corrected chi connectivity index (χ1v) is 16.1. The molecule has 4 aliphatic rings. The van der Waals surface area contributed by atoms with Crippen molar-refractivity contribution in [2.75, 3.05) is 0 Å². The summed E-state index contributed by atoms with van der Waals surface area (Å²) in [6.07, 6.45) is 8.98. The van der Waals surface area contributed by atoms with Crippen molar-refractivity contribution in [1.29, 1.82) is 0 Å². The highest BCUT2D eigenvalue weighted by atomic mass is 79.9. The number of aliphatic hydroxyl groups is 2. The minimum Gasteiger partial charge on any atom is -0.493 e. The van der Waals surface area contributed by atoms with E-state index in [9.17, 15) is 20.1 Å². The van der Waals surface area contributed by atoms with Crippen LogP contribution in [0.5, 0.6) is 5.88 Å². The Morgan fingerprint density at radius 3 is 2.65 bits per heavy atom. The van der Waals surface area contributed by atoms with Crippen LogP contribution in [0.4, 0.5) is 5.69 Å². The molecule has 0 spiro atoms. The summed E-state index contributed by atoms with van der Waals surface area (Å²) in [6, 6.07) is 5.56. The zero-order valence-corrected chi connectivity index (χ0v) is 25.5. The van der Waals surface area contributed by atoms with Crippen molar-refractivity contribution in [3.63, 3.8) is 0 Å². The van der Waals surface area contributed by atoms with E-state index in [2.05, 4.69) is 51.9 Å². The van der Waals surface area contributed by atoms with Crippen molar-refractivity contribution in [2.24, 2.45) is 56.6 Å². The predicted molar refractivity (Wildman–Crippen MR) is 158 cm³/mol. The molecule has 40 heavy (non-hydrogen) atoms. The van der Waals surface area contributed by atoms with Crippen LogP contribution in [0.3, 0.4) is 0 Å². The fourth-order valence-electron chi connectivity index (χ4n) is 10.1. The van der Waals surface area contributed by atoms with Gasteiger partial charge in [-0.3, -0.25) is 4.79 Å². The largest absolute Gasteiger partial charge is 0.493 e. The van der Waals surface area contributed by atoms with E-state index >= 15 is 0 Å². The van der Waals surface area contributed by atoms with Gasteiger partial charge in [-0.1, -0.05) is 36.7 Å². The lowest BCUT2D eigenvalue weighted by molar-refractivity contribution is -0.174. The number of azo groups is 1. The van der Waals surface area contributed by atoms with Crippen molar-refractivity contribution >= 4 is 38.4 Å². The van der Waals surface area contributed by atoms with Crippen LogP contribution >= 0.6 is 15.9 Å². The molecular formula is C32H44BrN3O4. The molecule has 1 heterocycles. The maximum absolute atomic E-state index is 12.7. The van der Waals surface area contributed by atoms with Gasteiger partial charge in [-0.05, 0) is 122 Å². The number of hydrogen-bond acceptors (Lipinski definition) is 5. The number of carbonyl (C=O) groups excluding carboxylic acids is 1. The number of rotatable bonds is 5. The molecule has 0 bridgehead atoms. The van der Waals surface area contributed by atoms with Crippen LogP contribution in [0.1, 0.15) is 85.0 Å². The highest BCUT2D eigenvalue weighted by Gasteiger charge is 2.62. The van der Waals surface area contributed by atoms with Gasteiger partial charge in [0.15, 0.2) is 5.69 Å². The molecule has 0 aliphatic heterocycles. The van der Waals surface area contributed by atoms with E-state index in [-0.39, 0.29) is 40.5 Å². The van der Waals surface area contributed by atoms with Crippen LogP contribution in [0.15, 0.2) is 32.9 Å². The summed E-state index contributed by atoms with van der Waals surface area (Å²) >= 11 is 3.44. The number of nitrogens with zero attached hydrogens (tertiary/aromatic N) is 2. The molecule has 1 aromatic heterocycles. The summed E-state index contributed by atoms with van der Waals surface area (Å²) in [5.74, 6) is 2.42. The Morgan fingerprint density at radius 2 is 1.85 bits per heavy atom. The van der Waals surface area contributed by atoms with E-state index < -0.39 is 0 Å². The zero-order valence-electron chi connectivity index (χ0n) is 23.9. The first-order valence-electron chi connectivity index (χ1n) is 15.3. The Kier molecular flexibility index (Phi) is 7.44. The van der Waals surface area contributed by atoms with Crippen LogP contribution < -0.4 is 0 Å². The topological polar surface area (TPSA) is 118 Å². The van der Waals surface area contributed by atoms with Crippen molar-refractivity contribution in [3.05, 3.63) is 22.7 Å². The molecule has 4 aliphatic carbocycles. The number of aromatic nitrogens is 1. The van der Waals surface area contributed by atoms with E-state index in [0.29, 0.717) is 47.3 Å². The standard InChI is InChI=1S/C32H44BrN3O4/c1-17(4-9-27(39)35-36-29-21-16-19(33)5-8-25(21)34-30(29)40)22-6-7-23-28-24(11-13-32(22,23)3)31(2)12-10-20(37)14-18(31)15-26(28)38/h5,8,16-18,20,22-24,26,28,34,37-38,40H,4,6-7,9-15H2,1-3H3. The number of aliphatic hydroxyl groups excluding tert-OH is 2. The number of aromatic hydroxyl groups is 1. The van der Waals surface area contributed by atoms with Crippen LogP contribution in [-0.4, -0.2) is 38.4 Å². The molecule has 10 atom stereocenters. The highest BCUT2D eigenvalue weighted by Crippen LogP contribution is 2.68. The minimum atomic E-state index is -0.268. The number of fused-ring (bicyclic) bond motifs is 6. The van der Waals surface area contributed by atoms with Gasteiger partial charge in [-0.25, -0.2) is 0 Å². The van der Waals surface area contributed by atoms with Crippen molar-refractivity contribution in [1.82, 2.24) is 4.98 Å². The van der Waals surface area contributed by atoms with Gasteiger partial charge in [-0.15, -0.1) is 10.2 Å². The summed E-state index contributed by atoms with van der Waals surface area (Å²) in [4.78, 5) is 15.6. The zero-order chi connectivity index (χ0) is 28.4.